The molecule has 6 nitrogen and oxygen atoms in total. The number of hydrogen-bond acceptors (Lipinski definition) is 5. The quantitative estimate of drug-likeness (QED) is 0.707. The number of sulfonamides is 1. The number of rotatable bonds is 5. The number of nitrogens with two attached hydrogens (primary N) is 1. The number of primary sulfonamides is 1. The van der Waals surface area contributed by atoms with Crippen LogP contribution in [0.5, 0.6) is 0 Å². The lowest BCUT2D eigenvalue weighted by atomic mass is 10.2. The van der Waals surface area contributed by atoms with Crippen LogP contribution in [0.15, 0.2) is 64.6 Å². The van der Waals surface area contributed by atoms with Crippen molar-refractivity contribution < 1.29 is 8.42 Å². The van der Waals surface area contributed by atoms with Crippen LogP contribution in [0.25, 0.3) is 17.1 Å². The van der Waals surface area contributed by atoms with E-state index in [-0.39, 0.29) is 4.90 Å². The second kappa shape index (κ2) is 6.76. The van der Waals surface area contributed by atoms with E-state index in [1.54, 1.807) is 23.9 Å². The molecule has 24 heavy (non-hydrogen) atoms. The minimum atomic E-state index is -3.71. The van der Waals surface area contributed by atoms with Crippen LogP contribution in [0.4, 0.5) is 0 Å². The molecule has 0 atom stereocenters. The van der Waals surface area contributed by atoms with Gasteiger partial charge in [-0.3, -0.25) is 4.57 Å². The second-order valence-electron chi connectivity index (χ2n) is 4.98. The zero-order valence-corrected chi connectivity index (χ0v) is 14.6. The first kappa shape index (κ1) is 16.7. The highest BCUT2D eigenvalue weighted by Gasteiger charge is 2.16. The Morgan fingerprint density at radius 1 is 1.04 bits per heavy atom. The Hall–Kier alpha value is -2.16. The number of hydrogen-bond donors (Lipinski definition) is 1. The van der Waals surface area contributed by atoms with Crippen LogP contribution < -0.4 is 5.14 Å². The molecule has 1 heterocycles. The third-order valence-corrected chi connectivity index (χ3v) is 5.10. The topological polar surface area (TPSA) is 90.9 Å². The Bertz CT molecular complexity index is 936. The van der Waals surface area contributed by atoms with Crippen molar-refractivity contribution in [1.29, 1.82) is 0 Å². The molecule has 0 saturated heterocycles. The van der Waals surface area contributed by atoms with Gasteiger partial charge >= 0.3 is 0 Å². The van der Waals surface area contributed by atoms with Crippen molar-refractivity contribution in [2.24, 2.45) is 5.14 Å². The molecule has 0 aliphatic heterocycles. The van der Waals surface area contributed by atoms with Gasteiger partial charge in [0.05, 0.1) is 4.90 Å². The standard InChI is InChI=1S/C16H16N4O2S2/c1-2-23-16-19-18-15(20(16)13-6-4-3-5-7-13)12-8-10-14(11-9-12)24(17,21)22/h3-11H,2H2,1H3,(H2,17,21,22). The average Bonchev–Trinajstić information content (AvgIpc) is 2.99. The first-order valence-corrected chi connectivity index (χ1v) is 9.81. The van der Waals surface area contributed by atoms with Crippen LogP contribution in [0.1, 0.15) is 6.92 Å². The summed E-state index contributed by atoms with van der Waals surface area (Å²) in [6, 6.07) is 16.1. The Kier molecular flexibility index (Phi) is 4.70. The number of aromatic nitrogens is 3. The molecule has 0 spiro atoms. The Labute approximate surface area is 144 Å². The molecule has 0 unspecified atom stereocenters. The largest absolute Gasteiger partial charge is 0.270 e. The fourth-order valence-corrected chi connectivity index (χ4v) is 3.48. The summed E-state index contributed by atoms with van der Waals surface area (Å²) in [5.41, 5.74) is 1.71. The maximum Gasteiger partial charge on any atom is 0.238 e. The first-order chi connectivity index (χ1) is 11.5. The Morgan fingerprint density at radius 2 is 1.71 bits per heavy atom. The lowest BCUT2D eigenvalue weighted by Gasteiger charge is -2.10. The van der Waals surface area contributed by atoms with Crippen molar-refractivity contribution >= 4 is 21.8 Å². The summed E-state index contributed by atoms with van der Waals surface area (Å²) in [4.78, 5) is 0.0696. The van der Waals surface area contributed by atoms with Crippen molar-refractivity contribution in [1.82, 2.24) is 14.8 Å². The molecule has 8 heteroatoms. The smallest absolute Gasteiger partial charge is 0.238 e. The van der Waals surface area contributed by atoms with Crippen molar-refractivity contribution in [2.75, 3.05) is 5.75 Å². The van der Waals surface area contributed by atoms with E-state index in [9.17, 15) is 8.42 Å². The van der Waals surface area contributed by atoms with Gasteiger partial charge in [-0.25, -0.2) is 13.6 Å². The number of nitrogens with zero attached hydrogens (tertiary/aromatic N) is 3. The van der Waals surface area contributed by atoms with Gasteiger partial charge in [0.15, 0.2) is 11.0 Å². The molecule has 3 rings (SSSR count). The number of para-hydroxylation sites is 1. The van der Waals surface area contributed by atoms with Crippen LogP contribution in [-0.4, -0.2) is 28.9 Å². The molecule has 0 radical (unpaired) electrons. The summed E-state index contributed by atoms with van der Waals surface area (Å²) in [5.74, 6) is 1.52. The van der Waals surface area contributed by atoms with Gasteiger partial charge in [-0.15, -0.1) is 10.2 Å². The Balaban J connectivity index is 2.12. The van der Waals surface area contributed by atoms with Crippen LogP contribution >= 0.6 is 11.8 Å². The fourth-order valence-electron chi connectivity index (χ4n) is 2.28. The molecule has 0 bridgehead atoms. The van der Waals surface area contributed by atoms with Gasteiger partial charge < -0.3 is 0 Å². The highest BCUT2D eigenvalue weighted by molar-refractivity contribution is 7.99. The molecule has 0 fully saturated rings. The zero-order valence-electron chi connectivity index (χ0n) is 13.0. The predicted molar refractivity (Wildman–Crippen MR) is 94.6 cm³/mol. The highest BCUT2D eigenvalue weighted by Crippen LogP contribution is 2.28. The first-order valence-electron chi connectivity index (χ1n) is 7.27. The van der Waals surface area contributed by atoms with E-state index in [2.05, 4.69) is 17.1 Å². The summed E-state index contributed by atoms with van der Waals surface area (Å²) in [6.45, 7) is 2.05. The second-order valence-corrected chi connectivity index (χ2v) is 7.77. The maximum atomic E-state index is 11.4. The zero-order chi connectivity index (χ0) is 17.2. The summed E-state index contributed by atoms with van der Waals surface area (Å²) in [6.07, 6.45) is 0. The van der Waals surface area contributed by atoms with Crippen LogP contribution in [-0.2, 0) is 10.0 Å². The summed E-state index contributed by atoms with van der Waals surface area (Å²) >= 11 is 1.59. The number of benzene rings is 2. The molecular formula is C16H16N4O2S2. The van der Waals surface area contributed by atoms with E-state index in [0.717, 1.165) is 22.2 Å². The molecule has 3 aromatic rings. The van der Waals surface area contributed by atoms with Crippen LogP contribution in [0.3, 0.4) is 0 Å². The van der Waals surface area contributed by atoms with Crippen molar-refractivity contribution in [3.63, 3.8) is 0 Å². The average molecular weight is 360 g/mol. The fraction of sp³-hybridized carbons (Fsp3) is 0.125. The van der Waals surface area contributed by atoms with Crippen LogP contribution in [0.2, 0.25) is 0 Å². The molecule has 0 aliphatic rings. The van der Waals surface area contributed by atoms with Gasteiger partial charge in [0, 0.05) is 11.3 Å². The molecular weight excluding hydrogens is 344 g/mol. The number of thioether (sulfide) groups is 1. The van der Waals surface area contributed by atoms with E-state index in [4.69, 9.17) is 5.14 Å². The normalized spacial score (nSPS) is 11.6. The van der Waals surface area contributed by atoms with Crippen LogP contribution in [0, 0.1) is 0 Å². The van der Waals surface area contributed by atoms with Gasteiger partial charge in [-0.2, -0.15) is 0 Å². The molecule has 0 saturated carbocycles. The monoisotopic (exact) mass is 360 g/mol. The lowest BCUT2D eigenvalue weighted by molar-refractivity contribution is 0.598. The molecule has 2 aromatic carbocycles. The van der Waals surface area contributed by atoms with Gasteiger partial charge in [-0.1, -0.05) is 36.9 Å². The SMILES string of the molecule is CCSc1nnc(-c2ccc(S(N)(=O)=O)cc2)n1-c1ccccc1. The molecule has 124 valence electrons. The van der Waals surface area contributed by atoms with Gasteiger partial charge in [0.2, 0.25) is 10.0 Å². The van der Waals surface area contributed by atoms with Crippen molar-refractivity contribution in [2.45, 2.75) is 17.0 Å². The minimum Gasteiger partial charge on any atom is -0.270 e. The van der Waals surface area contributed by atoms with Gasteiger partial charge in [-0.05, 0) is 42.2 Å². The third-order valence-electron chi connectivity index (χ3n) is 3.36. The van der Waals surface area contributed by atoms with E-state index >= 15 is 0 Å². The van der Waals surface area contributed by atoms with E-state index in [0.29, 0.717) is 5.82 Å². The summed E-state index contributed by atoms with van der Waals surface area (Å²) < 4.78 is 24.8. The van der Waals surface area contributed by atoms with Crippen molar-refractivity contribution in [3.8, 4) is 17.1 Å². The van der Waals surface area contributed by atoms with E-state index in [1.165, 1.54) is 12.1 Å². The molecule has 2 N–H and O–H groups in total. The lowest BCUT2D eigenvalue weighted by Crippen LogP contribution is -2.11. The third kappa shape index (κ3) is 3.35. The summed E-state index contributed by atoms with van der Waals surface area (Å²) in [5, 5.41) is 14.5. The minimum absolute atomic E-state index is 0.0696. The molecule has 0 amide bonds. The Morgan fingerprint density at radius 3 is 2.29 bits per heavy atom. The molecule has 0 aliphatic carbocycles. The van der Waals surface area contributed by atoms with Gasteiger partial charge in [0.1, 0.15) is 0 Å². The maximum absolute atomic E-state index is 11.4. The predicted octanol–water partition coefficient (Wildman–Crippen LogP) is 2.69. The highest BCUT2D eigenvalue weighted by atomic mass is 32.2. The summed E-state index contributed by atoms with van der Waals surface area (Å²) in [7, 11) is -3.71. The van der Waals surface area contributed by atoms with E-state index in [1.807, 2.05) is 34.9 Å². The van der Waals surface area contributed by atoms with Crippen molar-refractivity contribution in [3.05, 3.63) is 54.6 Å². The molecule has 1 aromatic heterocycles. The van der Waals surface area contributed by atoms with Gasteiger partial charge in [0.25, 0.3) is 0 Å². The van der Waals surface area contributed by atoms with E-state index < -0.39 is 10.0 Å².